The van der Waals surface area contributed by atoms with Gasteiger partial charge in [-0.25, -0.2) is 0 Å². The number of amides is 1. The fourth-order valence-corrected chi connectivity index (χ4v) is 5.30. The van der Waals surface area contributed by atoms with Gasteiger partial charge in [0, 0.05) is 29.8 Å². The van der Waals surface area contributed by atoms with Crippen molar-refractivity contribution in [3.05, 3.63) is 47.2 Å². The van der Waals surface area contributed by atoms with Gasteiger partial charge in [-0.1, -0.05) is 27.7 Å². The summed E-state index contributed by atoms with van der Waals surface area (Å²) in [5.74, 6) is 0.00583. The Kier molecular flexibility index (Phi) is 4.73. The highest BCUT2D eigenvalue weighted by molar-refractivity contribution is 8.00. The number of carbonyl (C=O) groups is 2. The molecule has 0 aromatic rings. The summed E-state index contributed by atoms with van der Waals surface area (Å²) in [7, 11) is 0. The van der Waals surface area contributed by atoms with Gasteiger partial charge in [-0.2, -0.15) is 4.57 Å². The number of fused-ring (bicyclic) bond motifs is 2. The van der Waals surface area contributed by atoms with Crippen molar-refractivity contribution in [1.29, 1.82) is 0 Å². The Hall–Kier alpha value is -2.28. The van der Waals surface area contributed by atoms with Crippen LogP contribution in [0.5, 0.6) is 0 Å². The highest BCUT2D eigenvalue weighted by Gasteiger charge is 2.43. The Morgan fingerprint density at radius 1 is 1.32 bits per heavy atom. The summed E-state index contributed by atoms with van der Waals surface area (Å²) in [4.78, 5) is 25.0. The number of aliphatic carboxylic acids is 1. The molecule has 0 radical (unpaired) electrons. The quantitative estimate of drug-likeness (QED) is 0.568. The molecule has 4 rings (SSSR count). The third kappa shape index (κ3) is 3.02. The average molecular weight is 400 g/mol. The van der Waals surface area contributed by atoms with E-state index >= 15 is 0 Å². The fraction of sp³-hybridized carbons (Fsp3) is 0.476. The molecule has 4 aliphatic heterocycles. The number of carboxylic acids is 1. The van der Waals surface area contributed by atoms with Gasteiger partial charge < -0.3 is 14.5 Å². The Labute approximate surface area is 169 Å². The molecular weight excluding hydrogens is 374 g/mol. The molecule has 0 N–H and O–H groups in total. The smallest absolute Gasteiger partial charge is 0.230 e. The van der Waals surface area contributed by atoms with Gasteiger partial charge in [-0.15, -0.1) is 11.8 Å². The van der Waals surface area contributed by atoms with Crippen LogP contribution in [0.15, 0.2) is 35.9 Å². The Morgan fingerprint density at radius 2 is 2.07 bits per heavy atom. The number of aromatic nitrogens is 2. The van der Waals surface area contributed by atoms with Crippen molar-refractivity contribution >= 4 is 23.6 Å². The molecule has 1 atom stereocenters. The standard InChI is InChI=1S/C21H25N3O3S/c1-12(2)15-7-16(13(3)4)23-6-5-22(10-17(15)23)9-14-11-28-19-8-18(25)24(19)20(14)21(26)27/h5-7,10,12-13,19H,8-9,11H2,1-4H3/t19-/m1/s1. The second-order valence-corrected chi connectivity index (χ2v) is 9.33. The van der Waals surface area contributed by atoms with E-state index in [1.54, 1.807) is 11.8 Å². The maximum Gasteiger partial charge on any atom is 0.230 e. The van der Waals surface area contributed by atoms with Crippen LogP contribution >= 0.6 is 11.8 Å². The molecule has 1 saturated heterocycles. The molecule has 0 aromatic carbocycles. The minimum Gasteiger partial charge on any atom is -0.543 e. The topological polar surface area (TPSA) is 69.2 Å². The number of carbonyl (C=O) groups excluding carboxylic acids is 2. The predicted molar refractivity (Wildman–Crippen MR) is 105 cm³/mol. The number of thioether (sulfide) groups is 1. The maximum absolute atomic E-state index is 11.9. The second-order valence-electron chi connectivity index (χ2n) is 8.16. The normalized spacial score (nSPS) is 19.6. The van der Waals surface area contributed by atoms with E-state index in [-0.39, 0.29) is 17.0 Å². The number of rotatable bonds is 5. The van der Waals surface area contributed by atoms with Crippen LogP contribution in [0.4, 0.5) is 0 Å². The first-order valence-electron chi connectivity index (χ1n) is 9.69. The van der Waals surface area contributed by atoms with Gasteiger partial charge in [0.25, 0.3) is 0 Å². The second kappa shape index (κ2) is 6.95. The zero-order valence-corrected chi connectivity index (χ0v) is 17.5. The summed E-state index contributed by atoms with van der Waals surface area (Å²) in [6.07, 6.45) is 6.50. The van der Waals surface area contributed by atoms with Crippen molar-refractivity contribution in [2.45, 2.75) is 57.9 Å². The summed E-state index contributed by atoms with van der Waals surface area (Å²) in [5, 5.41) is 11.7. The lowest BCUT2D eigenvalue weighted by molar-refractivity contribution is -0.603. The third-order valence-electron chi connectivity index (χ3n) is 5.54. The first-order valence-corrected chi connectivity index (χ1v) is 10.7. The minimum atomic E-state index is -1.26. The van der Waals surface area contributed by atoms with Crippen molar-refractivity contribution in [2.75, 3.05) is 5.75 Å². The molecule has 4 heterocycles. The lowest BCUT2D eigenvalue weighted by Crippen LogP contribution is -2.56. The SMILES string of the molecule is CC(C)c1cc(C(C)C)[n+]2ccn(CC3=C(C(=O)[O-])N4C(=O)C[C@H]4SC3)cc1-2. The van der Waals surface area contributed by atoms with Crippen molar-refractivity contribution in [1.82, 2.24) is 9.47 Å². The Balaban J connectivity index is 1.74. The Morgan fingerprint density at radius 3 is 2.68 bits per heavy atom. The van der Waals surface area contributed by atoms with Crippen LogP contribution in [0, 0.1) is 0 Å². The molecule has 6 nitrogen and oxygen atoms in total. The van der Waals surface area contributed by atoms with Crippen LogP contribution < -0.4 is 9.67 Å². The van der Waals surface area contributed by atoms with Crippen LogP contribution in [-0.2, 0) is 16.1 Å². The van der Waals surface area contributed by atoms with Gasteiger partial charge in [0.15, 0.2) is 11.9 Å². The molecule has 0 spiro atoms. The summed E-state index contributed by atoms with van der Waals surface area (Å²) >= 11 is 1.62. The molecule has 148 valence electrons. The molecular formula is C21H25N3O3S. The van der Waals surface area contributed by atoms with Crippen LogP contribution in [-0.4, -0.2) is 32.5 Å². The van der Waals surface area contributed by atoms with Gasteiger partial charge in [-0.05, 0) is 11.5 Å². The van der Waals surface area contributed by atoms with Gasteiger partial charge >= 0.3 is 0 Å². The van der Waals surface area contributed by atoms with E-state index in [1.807, 2.05) is 17.0 Å². The van der Waals surface area contributed by atoms with E-state index in [1.165, 1.54) is 16.2 Å². The number of carboxylic acid groups (broad SMARTS) is 1. The predicted octanol–water partition coefficient (Wildman–Crippen LogP) is 1.76. The van der Waals surface area contributed by atoms with Crippen molar-refractivity contribution in [3.8, 4) is 5.69 Å². The molecule has 1 fully saturated rings. The van der Waals surface area contributed by atoms with Crippen LogP contribution in [0.2, 0.25) is 0 Å². The van der Waals surface area contributed by atoms with E-state index < -0.39 is 5.97 Å². The minimum absolute atomic E-state index is 0.0524. The molecule has 0 bridgehead atoms. The zero-order chi connectivity index (χ0) is 20.2. The molecule has 1 amide bonds. The highest BCUT2D eigenvalue weighted by atomic mass is 32.2. The number of nitrogens with zero attached hydrogens (tertiary/aromatic N) is 3. The lowest BCUT2D eigenvalue weighted by Gasteiger charge is -2.45. The number of β-lactam (4-membered cyclic amide) rings is 1. The average Bonchev–Trinajstić information content (AvgIpc) is 3.00. The summed E-state index contributed by atoms with van der Waals surface area (Å²) in [6, 6.07) is 2.26. The summed E-state index contributed by atoms with van der Waals surface area (Å²) < 4.78 is 4.23. The fourth-order valence-electron chi connectivity index (χ4n) is 4.05. The van der Waals surface area contributed by atoms with E-state index in [0.717, 1.165) is 11.3 Å². The molecule has 28 heavy (non-hydrogen) atoms. The lowest BCUT2D eigenvalue weighted by atomic mass is 10.0. The van der Waals surface area contributed by atoms with Crippen LogP contribution in [0.25, 0.3) is 5.69 Å². The largest absolute Gasteiger partial charge is 0.543 e. The van der Waals surface area contributed by atoms with Gasteiger partial charge in [-0.3, -0.25) is 9.69 Å². The molecule has 0 aromatic heterocycles. The maximum atomic E-state index is 11.9. The van der Waals surface area contributed by atoms with Crippen LogP contribution in [0.3, 0.4) is 0 Å². The van der Waals surface area contributed by atoms with Crippen molar-refractivity contribution in [2.24, 2.45) is 0 Å². The third-order valence-corrected chi connectivity index (χ3v) is 6.82. The first-order chi connectivity index (χ1) is 13.3. The monoisotopic (exact) mass is 399 g/mol. The molecule has 4 aliphatic rings. The zero-order valence-electron chi connectivity index (χ0n) is 16.6. The van der Waals surface area contributed by atoms with E-state index in [0.29, 0.717) is 30.6 Å². The first kappa shape index (κ1) is 19.1. The van der Waals surface area contributed by atoms with E-state index in [2.05, 4.69) is 44.5 Å². The van der Waals surface area contributed by atoms with Gasteiger partial charge in [0.1, 0.15) is 0 Å². The Bertz CT molecular complexity index is 960. The highest BCUT2D eigenvalue weighted by Crippen LogP contribution is 2.40. The number of hydrogen-bond donors (Lipinski definition) is 0. The van der Waals surface area contributed by atoms with Crippen LogP contribution in [0.1, 0.15) is 57.2 Å². The molecule has 0 aliphatic carbocycles. The van der Waals surface area contributed by atoms with Crippen molar-refractivity contribution < 1.29 is 19.3 Å². The van der Waals surface area contributed by atoms with Gasteiger partial charge in [0.05, 0.1) is 35.9 Å². The molecule has 0 saturated carbocycles. The molecule has 7 heteroatoms. The number of hydrogen-bond acceptors (Lipinski definition) is 4. The molecule has 0 unspecified atom stereocenters. The van der Waals surface area contributed by atoms with Gasteiger partial charge in [0.2, 0.25) is 11.6 Å². The van der Waals surface area contributed by atoms with E-state index in [4.69, 9.17) is 0 Å². The summed E-state index contributed by atoms with van der Waals surface area (Å²) in [6.45, 7) is 9.16. The van der Waals surface area contributed by atoms with E-state index in [9.17, 15) is 14.7 Å². The van der Waals surface area contributed by atoms with Crippen molar-refractivity contribution in [3.63, 3.8) is 0 Å². The summed E-state index contributed by atoms with van der Waals surface area (Å²) in [5.41, 5.74) is 4.48.